The molecular weight excluding hydrogens is 400 g/mol. The quantitative estimate of drug-likeness (QED) is 0.632. The molecule has 1 fully saturated rings. The predicted octanol–water partition coefficient (Wildman–Crippen LogP) is 1.98. The first-order valence-corrected chi connectivity index (χ1v) is 10.8. The summed E-state index contributed by atoms with van der Waals surface area (Å²) < 4.78 is 1.51. The lowest BCUT2D eigenvalue weighted by Gasteiger charge is -2.46. The molecule has 0 unspecified atom stereocenters. The van der Waals surface area contributed by atoms with Crippen LogP contribution in [0.5, 0.6) is 0 Å². The minimum atomic E-state index is -0.881. The fraction of sp³-hybridized carbons (Fsp3) is 0.318. The largest absolute Gasteiger partial charge is 0.388 e. The summed E-state index contributed by atoms with van der Waals surface area (Å²) in [6.45, 7) is 1.33. The van der Waals surface area contributed by atoms with Gasteiger partial charge in [0.25, 0.3) is 5.56 Å². The van der Waals surface area contributed by atoms with E-state index in [1.54, 1.807) is 24.5 Å². The van der Waals surface area contributed by atoms with Gasteiger partial charge >= 0.3 is 0 Å². The van der Waals surface area contributed by atoms with Gasteiger partial charge in [0.2, 0.25) is 5.91 Å². The third-order valence-electron chi connectivity index (χ3n) is 5.56. The zero-order valence-corrected chi connectivity index (χ0v) is 17.3. The van der Waals surface area contributed by atoms with Gasteiger partial charge in [-0.25, -0.2) is 4.98 Å². The number of hydrogen-bond acceptors (Lipinski definition) is 6. The lowest BCUT2D eigenvalue weighted by Crippen LogP contribution is -2.62. The highest BCUT2D eigenvalue weighted by molar-refractivity contribution is 7.13. The molecule has 0 bridgehead atoms. The lowest BCUT2D eigenvalue weighted by molar-refractivity contribution is -0.125. The molecule has 0 radical (unpaired) electrons. The average Bonchev–Trinajstić information content (AvgIpc) is 3.30. The van der Waals surface area contributed by atoms with E-state index in [-0.39, 0.29) is 24.4 Å². The molecule has 1 aromatic carbocycles. The molecule has 2 aromatic heterocycles. The van der Waals surface area contributed by atoms with Crippen LogP contribution in [0.2, 0.25) is 0 Å². The van der Waals surface area contributed by atoms with Crippen molar-refractivity contribution in [3.8, 4) is 0 Å². The molecule has 3 aromatic rings. The number of nitrogens with zero attached hydrogens (tertiary/aromatic N) is 3. The molecule has 1 saturated heterocycles. The minimum Gasteiger partial charge on any atom is -0.388 e. The maximum atomic E-state index is 12.9. The van der Waals surface area contributed by atoms with E-state index < -0.39 is 11.6 Å². The Morgan fingerprint density at radius 2 is 2.03 bits per heavy atom. The Balaban J connectivity index is 1.53. The van der Waals surface area contributed by atoms with Crippen LogP contribution in [0.1, 0.15) is 18.4 Å². The number of carbonyl (C=O) groups excluding carboxylic acids is 1. The van der Waals surface area contributed by atoms with E-state index in [4.69, 9.17) is 0 Å². The molecule has 2 atom stereocenters. The number of thiazole rings is 1. The molecule has 8 heteroatoms. The van der Waals surface area contributed by atoms with Crippen LogP contribution in [0.15, 0.2) is 71.1 Å². The Hall–Kier alpha value is -2.97. The topological polar surface area (TPSA) is 87.5 Å². The number of nitrogens with one attached hydrogen (secondary N) is 1. The molecule has 0 aliphatic carbocycles. The van der Waals surface area contributed by atoms with Crippen molar-refractivity contribution in [1.29, 1.82) is 0 Å². The molecule has 2 N–H and O–H groups in total. The van der Waals surface area contributed by atoms with E-state index in [2.05, 4.69) is 10.3 Å². The molecule has 156 valence electrons. The van der Waals surface area contributed by atoms with Crippen LogP contribution in [-0.2, 0) is 16.9 Å². The summed E-state index contributed by atoms with van der Waals surface area (Å²) in [5.41, 5.74) is -0.144. The number of amides is 1. The monoisotopic (exact) mass is 424 g/mol. The van der Waals surface area contributed by atoms with Gasteiger partial charge in [0.15, 0.2) is 5.13 Å². The van der Waals surface area contributed by atoms with E-state index in [9.17, 15) is 14.7 Å². The number of carbonyl (C=O) groups is 1. The highest BCUT2D eigenvalue weighted by Gasteiger charge is 2.45. The molecular formula is C22H24N4O3S. The summed E-state index contributed by atoms with van der Waals surface area (Å²) in [7, 11) is 0. The molecule has 0 spiro atoms. The van der Waals surface area contributed by atoms with Crippen molar-refractivity contribution in [2.45, 2.75) is 31.0 Å². The molecule has 4 rings (SSSR count). The zero-order chi connectivity index (χ0) is 21.0. The van der Waals surface area contributed by atoms with Crippen LogP contribution in [0.4, 0.5) is 5.13 Å². The number of rotatable bonds is 6. The molecule has 30 heavy (non-hydrogen) atoms. The van der Waals surface area contributed by atoms with Crippen molar-refractivity contribution < 1.29 is 9.90 Å². The number of aryl methyl sites for hydroxylation is 1. The fourth-order valence-electron chi connectivity index (χ4n) is 3.95. The zero-order valence-electron chi connectivity index (χ0n) is 16.5. The van der Waals surface area contributed by atoms with Crippen LogP contribution in [-0.4, -0.2) is 39.8 Å². The fourth-order valence-corrected chi connectivity index (χ4v) is 4.63. The number of anilines is 1. The van der Waals surface area contributed by atoms with Gasteiger partial charge < -0.3 is 19.9 Å². The van der Waals surface area contributed by atoms with Gasteiger partial charge in [-0.1, -0.05) is 36.4 Å². The van der Waals surface area contributed by atoms with Gasteiger partial charge in [-0.2, -0.15) is 0 Å². The van der Waals surface area contributed by atoms with Crippen LogP contribution in [0.3, 0.4) is 0 Å². The van der Waals surface area contributed by atoms with E-state index in [1.807, 2.05) is 40.6 Å². The summed E-state index contributed by atoms with van der Waals surface area (Å²) >= 11 is 1.53. The smallest absolute Gasteiger partial charge is 0.250 e. The van der Waals surface area contributed by atoms with Gasteiger partial charge in [0.05, 0.1) is 11.6 Å². The molecule has 1 aliphatic rings. The SMILES string of the molecule is O=C(CCn1ccccc1=O)N[C@]1(c2ccccc2)CCN(c2nccs2)C[C@H]1O. The van der Waals surface area contributed by atoms with Crippen LogP contribution in [0.25, 0.3) is 0 Å². The Morgan fingerprint density at radius 1 is 1.23 bits per heavy atom. The minimum absolute atomic E-state index is 0.139. The van der Waals surface area contributed by atoms with Crippen molar-refractivity contribution in [3.63, 3.8) is 0 Å². The standard InChI is InChI=1S/C22H24N4O3S/c27-18-16-26(21-23-11-15-30-21)14-10-22(18,17-6-2-1-3-7-17)24-19(28)9-13-25-12-5-4-8-20(25)29/h1-8,11-12,15,18,27H,9-10,13-14,16H2,(H,24,28)/t18-,22+/m1/s1. The maximum absolute atomic E-state index is 12.9. The van der Waals surface area contributed by atoms with Gasteiger partial charge in [0.1, 0.15) is 0 Å². The Morgan fingerprint density at radius 3 is 2.73 bits per heavy atom. The second-order valence-corrected chi connectivity index (χ2v) is 8.27. The number of pyridine rings is 1. The Bertz CT molecular complexity index is 1040. The van der Waals surface area contributed by atoms with Crippen LogP contribution in [0, 0.1) is 0 Å². The summed E-state index contributed by atoms with van der Waals surface area (Å²) in [5, 5.41) is 17.1. The van der Waals surface area contributed by atoms with Crippen LogP contribution < -0.4 is 15.8 Å². The van der Waals surface area contributed by atoms with Crippen molar-refractivity contribution in [3.05, 3.63) is 82.2 Å². The molecule has 7 nitrogen and oxygen atoms in total. The first kappa shape index (κ1) is 20.3. The summed E-state index contributed by atoms with van der Waals surface area (Å²) in [6.07, 6.45) is 3.32. The maximum Gasteiger partial charge on any atom is 0.250 e. The van der Waals surface area contributed by atoms with Crippen molar-refractivity contribution in [2.75, 3.05) is 18.0 Å². The van der Waals surface area contributed by atoms with Crippen molar-refractivity contribution >= 4 is 22.4 Å². The molecule has 1 amide bonds. The van der Waals surface area contributed by atoms with Gasteiger partial charge in [-0.15, -0.1) is 11.3 Å². The lowest BCUT2D eigenvalue weighted by atomic mass is 9.78. The number of aliphatic hydroxyl groups excluding tert-OH is 1. The van der Waals surface area contributed by atoms with Gasteiger partial charge in [-0.05, 0) is 18.1 Å². The number of benzene rings is 1. The number of aliphatic hydroxyl groups is 1. The van der Waals surface area contributed by atoms with Gasteiger partial charge in [-0.3, -0.25) is 9.59 Å². The first-order chi connectivity index (χ1) is 14.6. The Kier molecular flexibility index (Phi) is 5.96. The number of β-amino-alcohol motifs (C(OH)–C–C–N with tert-alkyl or cyclic N) is 1. The molecule has 1 aliphatic heterocycles. The van der Waals surface area contributed by atoms with Gasteiger partial charge in [0, 0.05) is 49.9 Å². The summed E-state index contributed by atoms with van der Waals surface area (Å²) in [5.74, 6) is -0.198. The predicted molar refractivity (Wildman–Crippen MR) is 117 cm³/mol. The van der Waals surface area contributed by atoms with E-state index in [0.717, 1.165) is 10.7 Å². The van der Waals surface area contributed by atoms with Crippen LogP contribution >= 0.6 is 11.3 Å². The second-order valence-electron chi connectivity index (χ2n) is 7.39. The van der Waals surface area contributed by atoms with E-state index in [0.29, 0.717) is 19.5 Å². The average molecular weight is 425 g/mol. The van der Waals surface area contributed by atoms with Crippen molar-refractivity contribution in [1.82, 2.24) is 14.9 Å². The summed E-state index contributed by atoms with van der Waals surface area (Å²) in [4.78, 5) is 31.1. The number of hydrogen-bond donors (Lipinski definition) is 2. The Labute approximate surface area is 178 Å². The highest BCUT2D eigenvalue weighted by atomic mass is 32.1. The normalized spacial score (nSPS) is 21.4. The first-order valence-electron chi connectivity index (χ1n) is 9.93. The van der Waals surface area contributed by atoms with Crippen molar-refractivity contribution in [2.24, 2.45) is 0 Å². The number of aromatic nitrogens is 2. The molecule has 3 heterocycles. The summed E-state index contributed by atoms with van der Waals surface area (Å²) in [6, 6.07) is 14.5. The highest BCUT2D eigenvalue weighted by Crippen LogP contribution is 2.35. The van der Waals surface area contributed by atoms with E-state index >= 15 is 0 Å². The third-order valence-corrected chi connectivity index (χ3v) is 6.39. The number of piperidine rings is 1. The second kappa shape index (κ2) is 8.81. The third kappa shape index (κ3) is 4.15. The van der Waals surface area contributed by atoms with E-state index in [1.165, 1.54) is 22.0 Å². The molecule has 0 saturated carbocycles.